The van der Waals surface area contributed by atoms with E-state index in [1.54, 1.807) is 11.0 Å². The van der Waals surface area contributed by atoms with Crippen LogP contribution >= 0.6 is 0 Å². The Bertz CT molecular complexity index is 1140. The lowest BCUT2D eigenvalue weighted by atomic mass is 9.98. The predicted molar refractivity (Wildman–Crippen MR) is 122 cm³/mol. The summed E-state index contributed by atoms with van der Waals surface area (Å²) in [5, 5.41) is 2.79. The number of anilines is 1. The summed E-state index contributed by atoms with van der Waals surface area (Å²) in [5.74, 6) is -0.155. The topological polar surface area (TPSA) is 71.1 Å². The van der Waals surface area contributed by atoms with Gasteiger partial charge in [0.25, 0.3) is 5.91 Å². The SMILES string of the molecule is CCOC(=O)N1CCN(CCc2ccc3c(c2)COC3=C2C(=O)Nc3ccc(F)cc32)CC1. The molecule has 7 nitrogen and oxygen atoms in total. The molecule has 0 aliphatic carbocycles. The molecule has 0 radical (unpaired) electrons. The van der Waals surface area contributed by atoms with Crippen LogP contribution in [0.3, 0.4) is 0 Å². The number of hydrogen-bond acceptors (Lipinski definition) is 5. The highest BCUT2D eigenvalue weighted by Crippen LogP contribution is 2.41. The molecule has 0 saturated carbocycles. The number of fused-ring (bicyclic) bond motifs is 2. The average Bonchev–Trinajstić information content (AvgIpc) is 3.37. The lowest BCUT2D eigenvalue weighted by Crippen LogP contribution is -2.49. The molecular weight excluding hydrogens is 425 g/mol. The summed E-state index contributed by atoms with van der Waals surface area (Å²) in [7, 11) is 0. The highest BCUT2D eigenvalue weighted by Gasteiger charge is 2.33. The lowest BCUT2D eigenvalue weighted by molar-refractivity contribution is -0.110. The summed E-state index contributed by atoms with van der Waals surface area (Å²) in [6, 6.07) is 10.4. The molecule has 8 heteroatoms. The lowest BCUT2D eigenvalue weighted by Gasteiger charge is -2.34. The van der Waals surface area contributed by atoms with E-state index in [4.69, 9.17) is 9.47 Å². The Morgan fingerprint density at radius 2 is 1.94 bits per heavy atom. The van der Waals surface area contributed by atoms with Crippen LogP contribution in [0.4, 0.5) is 14.9 Å². The minimum absolute atomic E-state index is 0.234. The number of rotatable bonds is 4. The Hall–Kier alpha value is -3.39. The van der Waals surface area contributed by atoms with Gasteiger partial charge < -0.3 is 19.7 Å². The van der Waals surface area contributed by atoms with Crippen molar-refractivity contribution >= 4 is 29.0 Å². The number of piperazine rings is 1. The van der Waals surface area contributed by atoms with Gasteiger partial charge in [-0.2, -0.15) is 0 Å². The van der Waals surface area contributed by atoms with Crippen LogP contribution in [-0.4, -0.2) is 61.1 Å². The summed E-state index contributed by atoms with van der Waals surface area (Å²) in [5.41, 5.74) is 4.62. The van der Waals surface area contributed by atoms with Crippen molar-refractivity contribution in [2.75, 3.05) is 44.6 Å². The number of nitrogens with zero attached hydrogens (tertiary/aromatic N) is 2. The van der Waals surface area contributed by atoms with Gasteiger partial charge in [-0.1, -0.05) is 18.2 Å². The van der Waals surface area contributed by atoms with Gasteiger partial charge in [0.15, 0.2) is 0 Å². The first-order chi connectivity index (χ1) is 16.0. The van der Waals surface area contributed by atoms with Crippen LogP contribution < -0.4 is 5.32 Å². The summed E-state index contributed by atoms with van der Waals surface area (Å²) < 4.78 is 24.8. The number of carbonyl (C=O) groups is 2. The molecule has 0 aromatic heterocycles. The van der Waals surface area contributed by atoms with Crippen molar-refractivity contribution in [3.63, 3.8) is 0 Å². The molecular formula is C25H26FN3O4. The van der Waals surface area contributed by atoms with Gasteiger partial charge in [-0.05, 0) is 37.1 Å². The van der Waals surface area contributed by atoms with Gasteiger partial charge in [-0.15, -0.1) is 0 Å². The van der Waals surface area contributed by atoms with Crippen molar-refractivity contribution < 1.29 is 23.5 Å². The van der Waals surface area contributed by atoms with Gasteiger partial charge in [-0.3, -0.25) is 9.69 Å². The molecule has 5 rings (SSSR count). The maximum Gasteiger partial charge on any atom is 0.409 e. The first-order valence-electron chi connectivity index (χ1n) is 11.3. The molecule has 172 valence electrons. The van der Waals surface area contributed by atoms with E-state index in [2.05, 4.69) is 22.3 Å². The van der Waals surface area contributed by atoms with Crippen LogP contribution in [0.5, 0.6) is 0 Å². The summed E-state index contributed by atoms with van der Waals surface area (Å²) in [4.78, 5) is 28.5. The molecule has 1 fully saturated rings. The smallest absolute Gasteiger partial charge is 0.409 e. The zero-order chi connectivity index (χ0) is 22.9. The maximum absolute atomic E-state index is 13.8. The van der Waals surface area contributed by atoms with Gasteiger partial charge >= 0.3 is 6.09 Å². The van der Waals surface area contributed by atoms with Crippen LogP contribution in [0, 0.1) is 5.82 Å². The first-order valence-corrected chi connectivity index (χ1v) is 11.3. The standard InChI is InChI=1S/C25H26FN3O4/c1-2-32-25(31)29-11-9-28(10-12-29)8-7-16-3-5-19-17(13-16)15-33-23(19)22-20-14-18(26)4-6-21(20)27-24(22)30/h3-6,13-14H,2,7-12,15H2,1H3,(H,27,30). The Labute approximate surface area is 191 Å². The quantitative estimate of drug-likeness (QED) is 0.721. The number of halogens is 1. The molecule has 0 spiro atoms. The Morgan fingerprint density at radius 1 is 1.12 bits per heavy atom. The summed E-state index contributed by atoms with van der Waals surface area (Å²) in [6.45, 7) is 6.51. The third-order valence-corrected chi connectivity index (χ3v) is 6.35. The highest BCUT2D eigenvalue weighted by molar-refractivity contribution is 6.36. The third-order valence-electron chi connectivity index (χ3n) is 6.35. The number of benzene rings is 2. The van der Waals surface area contributed by atoms with E-state index in [0.29, 0.717) is 48.9 Å². The van der Waals surface area contributed by atoms with E-state index in [-0.39, 0.29) is 17.8 Å². The van der Waals surface area contributed by atoms with Crippen LogP contribution in [-0.2, 0) is 27.3 Å². The van der Waals surface area contributed by atoms with Crippen molar-refractivity contribution in [1.29, 1.82) is 0 Å². The van der Waals surface area contributed by atoms with Crippen molar-refractivity contribution in [1.82, 2.24) is 9.80 Å². The minimum atomic E-state index is -0.389. The van der Waals surface area contributed by atoms with Crippen LogP contribution in [0.1, 0.15) is 29.2 Å². The third kappa shape index (κ3) is 4.18. The Morgan fingerprint density at radius 3 is 2.73 bits per heavy atom. The summed E-state index contributed by atoms with van der Waals surface area (Å²) >= 11 is 0. The predicted octanol–water partition coefficient (Wildman–Crippen LogP) is 3.49. The molecule has 3 aliphatic heterocycles. The van der Waals surface area contributed by atoms with Gasteiger partial charge in [0, 0.05) is 55.1 Å². The number of nitrogens with one attached hydrogen (secondary N) is 1. The van der Waals surface area contributed by atoms with Crippen molar-refractivity contribution in [2.24, 2.45) is 0 Å². The van der Waals surface area contributed by atoms with Crippen molar-refractivity contribution in [2.45, 2.75) is 20.0 Å². The first kappa shape index (κ1) is 21.5. The van der Waals surface area contributed by atoms with E-state index < -0.39 is 0 Å². The Kier molecular flexibility index (Phi) is 5.76. The largest absolute Gasteiger partial charge is 0.487 e. The molecule has 2 aromatic carbocycles. The fraction of sp³-hybridized carbons (Fsp3) is 0.360. The number of ether oxygens (including phenoxy) is 2. The minimum Gasteiger partial charge on any atom is -0.487 e. The molecule has 33 heavy (non-hydrogen) atoms. The second kappa shape index (κ2) is 8.86. The van der Waals surface area contributed by atoms with Gasteiger partial charge in [-0.25, -0.2) is 9.18 Å². The van der Waals surface area contributed by atoms with E-state index >= 15 is 0 Å². The zero-order valence-electron chi connectivity index (χ0n) is 18.5. The average molecular weight is 451 g/mol. The molecule has 1 N–H and O–H groups in total. The van der Waals surface area contributed by atoms with E-state index in [0.717, 1.165) is 37.2 Å². The molecule has 1 saturated heterocycles. The fourth-order valence-electron chi connectivity index (χ4n) is 4.60. The van der Waals surface area contributed by atoms with E-state index in [1.807, 2.05) is 13.0 Å². The molecule has 0 unspecified atom stereocenters. The second-order valence-electron chi connectivity index (χ2n) is 8.41. The van der Waals surface area contributed by atoms with Crippen LogP contribution in [0.2, 0.25) is 0 Å². The van der Waals surface area contributed by atoms with Gasteiger partial charge in [0.1, 0.15) is 18.2 Å². The maximum atomic E-state index is 13.8. The molecule has 2 amide bonds. The van der Waals surface area contributed by atoms with Gasteiger partial charge in [0.05, 0.1) is 12.2 Å². The van der Waals surface area contributed by atoms with Crippen LogP contribution in [0.15, 0.2) is 36.4 Å². The summed E-state index contributed by atoms with van der Waals surface area (Å²) in [6.07, 6.45) is 0.648. The fourth-order valence-corrected chi connectivity index (χ4v) is 4.60. The zero-order valence-corrected chi connectivity index (χ0v) is 18.5. The number of hydrogen-bond donors (Lipinski definition) is 1. The Balaban J connectivity index is 1.26. The molecule has 0 bridgehead atoms. The van der Waals surface area contributed by atoms with E-state index in [9.17, 15) is 14.0 Å². The molecule has 3 aliphatic rings. The van der Waals surface area contributed by atoms with Gasteiger partial charge in [0.2, 0.25) is 0 Å². The van der Waals surface area contributed by atoms with Crippen LogP contribution in [0.25, 0.3) is 11.3 Å². The number of carbonyl (C=O) groups excluding carboxylic acids is 2. The highest BCUT2D eigenvalue weighted by atomic mass is 19.1. The molecule has 3 heterocycles. The number of amides is 2. The van der Waals surface area contributed by atoms with Crippen molar-refractivity contribution in [3.8, 4) is 0 Å². The monoisotopic (exact) mass is 451 g/mol. The van der Waals surface area contributed by atoms with E-state index in [1.165, 1.54) is 17.7 Å². The molecule has 0 atom stereocenters. The molecule has 2 aromatic rings. The normalized spacial score (nSPS) is 19.7. The van der Waals surface area contributed by atoms with Crippen molar-refractivity contribution in [3.05, 3.63) is 64.5 Å². The second-order valence-corrected chi connectivity index (χ2v) is 8.41.